The monoisotopic (exact) mass is 268 g/mol. The van der Waals surface area contributed by atoms with Gasteiger partial charge in [-0.1, -0.05) is 6.07 Å². The van der Waals surface area contributed by atoms with E-state index in [-0.39, 0.29) is 6.04 Å². The van der Waals surface area contributed by atoms with E-state index in [0.29, 0.717) is 0 Å². The average Bonchev–Trinajstić information content (AvgIpc) is 2.37. The van der Waals surface area contributed by atoms with E-state index in [1.54, 1.807) is 7.11 Å². The third-order valence-electron chi connectivity index (χ3n) is 2.97. The minimum Gasteiger partial charge on any atom is -0.496 e. The van der Waals surface area contributed by atoms with Crippen LogP contribution in [0.4, 0.5) is 5.69 Å². The zero-order chi connectivity index (χ0) is 13.5. The summed E-state index contributed by atoms with van der Waals surface area (Å²) in [7, 11) is 3.81. The maximum atomic E-state index is 6.07. The molecule has 1 aromatic carbocycles. The fourth-order valence-electron chi connectivity index (χ4n) is 2.07. The van der Waals surface area contributed by atoms with E-state index >= 15 is 0 Å². The van der Waals surface area contributed by atoms with Crippen molar-refractivity contribution in [3.8, 4) is 5.75 Å². The van der Waals surface area contributed by atoms with E-state index in [2.05, 4.69) is 24.3 Å². The van der Waals surface area contributed by atoms with Crippen molar-refractivity contribution in [2.45, 2.75) is 19.4 Å². The number of nitrogens with two attached hydrogens (primary N) is 1. The normalized spacial score (nSPS) is 12.3. The van der Waals surface area contributed by atoms with Crippen molar-refractivity contribution in [3.05, 3.63) is 23.8 Å². The summed E-state index contributed by atoms with van der Waals surface area (Å²) in [5, 5.41) is 0. The lowest BCUT2D eigenvalue weighted by atomic mass is 10.0. The van der Waals surface area contributed by atoms with Gasteiger partial charge in [0.2, 0.25) is 0 Å². The second kappa shape index (κ2) is 7.54. The molecule has 0 aliphatic carbocycles. The van der Waals surface area contributed by atoms with Gasteiger partial charge in [0.15, 0.2) is 0 Å². The van der Waals surface area contributed by atoms with Crippen LogP contribution in [-0.2, 0) is 0 Å². The molecule has 3 nitrogen and oxygen atoms in total. The van der Waals surface area contributed by atoms with Gasteiger partial charge in [-0.25, -0.2) is 0 Å². The van der Waals surface area contributed by atoms with Crippen molar-refractivity contribution in [2.75, 3.05) is 37.6 Å². The van der Waals surface area contributed by atoms with Crippen molar-refractivity contribution in [2.24, 2.45) is 5.73 Å². The SMILES string of the molecule is COc1cccc(N(C)CCCSC)c1[C@@H](C)N. The van der Waals surface area contributed by atoms with Crippen LogP contribution >= 0.6 is 11.8 Å². The second-order valence-electron chi connectivity index (χ2n) is 4.45. The van der Waals surface area contributed by atoms with Crippen LogP contribution in [0.5, 0.6) is 5.75 Å². The molecule has 4 heteroatoms. The molecule has 1 atom stereocenters. The minimum absolute atomic E-state index is 0.0286. The first kappa shape index (κ1) is 15.2. The summed E-state index contributed by atoms with van der Waals surface area (Å²) in [5.41, 5.74) is 8.33. The van der Waals surface area contributed by atoms with Crippen LogP contribution in [0.25, 0.3) is 0 Å². The molecular formula is C14H24N2OS. The van der Waals surface area contributed by atoms with E-state index in [0.717, 1.165) is 17.9 Å². The lowest BCUT2D eigenvalue weighted by Crippen LogP contribution is -2.22. The molecular weight excluding hydrogens is 244 g/mol. The molecule has 0 aliphatic heterocycles. The molecule has 0 bridgehead atoms. The van der Waals surface area contributed by atoms with Gasteiger partial charge in [-0.3, -0.25) is 0 Å². The Labute approximate surface area is 115 Å². The van der Waals surface area contributed by atoms with E-state index in [9.17, 15) is 0 Å². The maximum absolute atomic E-state index is 6.07. The maximum Gasteiger partial charge on any atom is 0.125 e. The molecule has 0 saturated carbocycles. The minimum atomic E-state index is -0.0286. The Morgan fingerprint density at radius 1 is 1.44 bits per heavy atom. The average molecular weight is 268 g/mol. The van der Waals surface area contributed by atoms with Gasteiger partial charge in [-0.05, 0) is 37.5 Å². The molecule has 1 rings (SSSR count). The molecule has 1 aromatic rings. The van der Waals surface area contributed by atoms with Gasteiger partial charge in [0, 0.05) is 30.9 Å². The molecule has 0 radical (unpaired) electrons. The zero-order valence-corrected chi connectivity index (χ0v) is 12.6. The highest BCUT2D eigenvalue weighted by atomic mass is 32.2. The van der Waals surface area contributed by atoms with Gasteiger partial charge in [0.1, 0.15) is 5.75 Å². The van der Waals surface area contributed by atoms with Crippen molar-refractivity contribution < 1.29 is 4.74 Å². The first-order chi connectivity index (χ1) is 8.61. The standard InChI is InChI=1S/C14H24N2OS/c1-11(15)14-12(7-5-8-13(14)17-3)16(2)9-6-10-18-4/h5,7-8,11H,6,9-10,15H2,1-4H3/t11-/m1/s1. The summed E-state index contributed by atoms with van der Waals surface area (Å²) in [6.07, 6.45) is 3.31. The molecule has 0 fully saturated rings. The van der Waals surface area contributed by atoms with Crippen molar-refractivity contribution in [1.29, 1.82) is 0 Å². The number of methoxy groups -OCH3 is 1. The molecule has 18 heavy (non-hydrogen) atoms. The van der Waals surface area contributed by atoms with Crippen molar-refractivity contribution >= 4 is 17.4 Å². The number of anilines is 1. The first-order valence-corrected chi connectivity index (χ1v) is 7.63. The first-order valence-electron chi connectivity index (χ1n) is 6.24. The summed E-state index contributed by atoms with van der Waals surface area (Å²) >= 11 is 1.88. The Kier molecular flexibility index (Phi) is 6.36. The van der Waals surface area contributed by atoms with E-state index in [1.807, 2.05) is 30.8 Å². The molecule has 0 unspecified atom stereocenters. The number of nitrogens with zero attached hydrogens (tertiary/aromatic N) is 1. The van der Waals surface area contributed by atoms with E-state index in [1.165, 1.54) is 17.9 Å². The number of hydrogen-bond acceptors (Lipinski definition) is 4. The van der Waals surface area contributed by atoms with Crippen LogP contribution in [0.15, 0.2) is 18.2 Å². The molecule has 0 aromatic heterocycles. The quantitative estimate of drug-likeness (QED) is 0.772. The molecule has 0 heterocycles. The Morgan fingerprint density at radius 2 is 2.17 bits per heavy atom. The van der Waals surface area contributed by atoms with Gasteiger partial charge < -0.3 is 15.4 Å². The Balaban J connectivity index is 2.92. The van der Waals surface area contributed by atoms with Crippen LogP contribution < -0.4 is 15.4 Å². The highest BCUT2D eigenvalue weighted by molar-refractivity contribution is 7.98. The van der Waals surface area contributed by atoms with Crippen LogP contribution in [0.3, 0.4) is 0 Å². The summed E-state index contributed by atoms with van der Waals surface area (Å²) in [5.74, 6) is 2.06. The van der Waals surface area contributed by atoms with E-state index < -0.39 is 0 Å². The summed E-state index contributed by atoms with van der Waals surface area (Å²) in [6.45, 7) is 3.03. The molecule has 102 valence electrons. The molecule has 0 aliphatic rings. The fourth-order valence-corrected chi connectivity index (χ4v) is 2.49. The number of ether oxygens (including phenoxy) is 1. The fraction of sp³-hybridized carbons (Fsp3) is 0.571. The van der Waals surface area contributed by atoms with Crippen molar-refractivity contribution in [3.63, 3.8) is 0 Å². The number of thioether (sulfide) groups is 1. The molecule has 0 spiro atoms. The summed E-state index contributed by atoms with van der Waals surface area (Å²) < 4.78 is 5.41. The topological polar surface area (TPSA) is 38.5 Å². The van der Waals surface area contributed by atoms with E-state index in [4.69, 9.17) is 10.5 Å². The van der Waals surface area contributed by atoms with Gasteiger partial charge in [-0.15, -0.1) is 0 Å². The van der Waals surface area contributed by atoms with Crippen LogP contribution in [-0.4, -0.2) is 32.7 Å². The molecule has 0 amide bonds. The zero-order valence-electron chi connectivity index (χ0n) is 11.8. The van der Waals surface area contributed by atoms with Gasteiger partial charge in [0.25, 0.3) is 0 Å². The second-order valence-corrected chi connectivity index (χ2v) is 5.44. The lowest BCUT2D eigenvalue weighted by Gasteiger charge is -2.25. The highest BCUT2D eigenvalue weighted by Crippen LogP contribution is 2.33. The highest BCUT2D eigenvalue weighted by Gasteiger charge is 2.15. The Hall–Kier alpha value is -0.870. The Bertz CT molecular complexity index is 369. The molecule has 2 N–H and O–H groups in total. The van der Waals surface area contributed by atoms with Crippen LogP contribution in [0.2, 0.25) is 0 Å². The third kappa shape index (κ3) is 3.82. The summed E-state index contributed by atoms with van der Waals surface area (Å²) in [6, 6.07) is 6.07. The Morgan fingerprint density at radius 3 is 2.72 bits per heavy atom. The lowest BCUT2D eigenvalue weighted by molar-refractivity contribution is 0.407. The predicted molar refractivity (Wildman–Crippen MR) is 81.9 cm³/mol. The number of benzene rings is 1. The summed E-state index contributed by atoms with van der Waals surface area (Å²) in [4.78, 5) is 2.26. The third-order valence-corrected chi connectivity index (χ3v) is 3.67. The van der Waals surface area contributed by atoms with Crippen LogP contribution in [0.1, 0.15) is 24.9 Å². The number of hydrogen-bond donors (Lipinski definition) is 1. The smallest absolute Gasteiger partial charge is 0.125 e. The van der Waals surface area contributed by atoms with Gasteiger partial charge in [-0.2, -0.15) is 11.8 Å². The van der Waals surface area contributed by atoms with Gasteiger partial charge >= 0.3 is 0 Å². The number of rotatable bonds is 7. The molecule has 0 saturated heterocycles. The van der Waals surface area contributed by atoms with Crippen LogP contribution in [0, 0.1) is 0 Å². The van der Waals surface area contributed by atoms with Crippen molar-refractivity contribution in [1.82, 2.24) is 0 Å². The largest absolute Gasteiger partial charge is 0.496 e. The predicted octanol–water partition coefficient (Wildman–Crippen LogP) is 2.90. The van der Waals surface area contributed by atoms with Gasteiger partial charge in [0.05, 0.1) is 7.11 Å².